The van der Waals surface area contributed by atoms with E-state index >= 15 is 0 Å². The highest BCUT2D eigenvalue weighted by atomic mass is 35.5. The largest absolute Gasteiger partial charge is 0.451 e. The molecule has 0 spiro atoms. The van der Waals surface area contributed by atoms with Crippen molar-refractivity contribution in [2.75, 3.05) is 17.7 Å². The second-order valence-electron chi connectivity index (χ2n) is 6.85. The zero-order chi connectivity index (χ0) is 23.4. The summed E-state index contributed by atoms with van der Waals surface area (Å²) in [6, 6.07) is 18.2. The number of para-hydroxylation sites is 2. The second-order valence-corrected chi connectivity index (χ2v) is 9.30. The Kier molecular flexibility index (Phi) is 6.99. The number of nitrogens with one attached hydrogen (secondary N) is 1. The maximum Gasteiger partial charge on any atom is 0.348 e. The molecule has 33 heavy (non-hydrogen) atoms. The first-order valence-electron chi connectivity index (χ1n) is 9.77. The van der Waals surface area contributed by atoms with Gasteiger partial charge in [0.15, 0.2) is 6.61 Å². The monoisotopic (exact) mass is 496 g/mol. The number of thiophene rings is 1. The van der Waals surface area contributed by atoms with E-state index in [-0.39, 0.29) is 5.75 Å². The van der Waals surface area contributed by atoms with Gasteiger partial charge in [-0.2, -0.15) is 10.4 Å². The average Bonchev–Trinajstić information content (AvgIpc) is 3.38. The number of aryl methyl sites for hydroxylation is 1. The smallest absolute Gasteiger partial charge is 0.348 e. The number of thioether (sulfide) groups is 1. The molecule has 10 heteroatoms. The lowest BCUT2D eigenvalue weighted by Crippen LogP contribution is -2.21. The van der Waals surface area contributed by atoms with Gasteiger partial charge >= 0.3 is 5.97 Å². The predicted octanol–water partition coefficient (Wildman–Crippen LogP) is 5.46. The number of aromatic nitrogens is 2. The quantitative estimate of drug-likeness (QED) is 0.269. The molecule has 1 N–H and O–H groups in total. The third kappa shape index (κ3) is 5.03. The van der Waals surface area contributed by atoms with Crippen LogP contribution in [0.25, 0.3) is 15.9 Å². The van der Waals surface area contributed by atoms with Crippen molar-refractivity contribution >= 4 is 62.5 Å². The number of rotatable bonds is 7. The van der Waals surface area contributed by atoms with E-state index in [2.05, 4.69) is 16.5 Å². The molecule has 0 aliphatic rings. The van der Waals surface area contributed by atoms with E-state index in [1.807, 2.05) is 37.3 Å². The molecule has 4 rings (SSSR count). The normalized spacial score (nSPS) is 10.7. The Morgan fingerprint density at radius 2 is 2.00 bits per heavy atom. The summed E-state index contributed by atoms with van der Waals surface area (Å²) in [5.41, 5.74) is 2.03. The number of anilines is 1. The van der Waals surface area contributed by atoms with Crippen molar-refractivity contribution in [1.82, 2.24) is 9.78 Å². The number of hydrogen-bond donors (Lipinski definition) is 1. The van der Waals surface area contributed by atoms with Crippen molar-refractivity contribution in [3.8, 4) is 11.8 Å². The van der Waals surface area contributed by atoms with Crippen molar-refractivity contribution < 1.29 is 14.3 Å². The highest BCUT2D eigenvalue weighted by molar-refractivity contribution is 7.99. The van der Waals surface area contributed by atoms with Gasteiger partial charge in [-0.1, -0.05) is 35.9 Å². The summed E-state index contributed by atoms with van der Waals surface area (Å²) in [4.78, 5) is 26.9. The number of fused-ring (bicyclic) bond motifs is 1. The third-order valence-corrected chi connectivity index (χ3v) is 6.96. The minimum Gasteiger partial charge on any atom is -0.451 e. The number of nitriles is 1. The van der Waals surface area contributed by atoms with Crippen LogP contribution < -0.4 is 5.32 Å². The van der Waals surface area contributed by atoms with Crippen LogP contribution in [-0.4, -0.2) is 34.0 Å². The molecule has 0 aliphatic heterocycles. The zero-order valence-electron chi connectivity index (χ0n) is 17.4. The fraction of sp³-hybridized carbons (Fsp3) is 0.130. The van der Waals surface area contributed by atoms with E-state index in [0.29, 0.717) is 21.3 Å². The van der Waals surface area contributed by atoms with E-state index in [0.717, 1.165) is 20.8 Å². The van der Waals surface area contributed by atoms with Crippen LogP contribution in [0.4, 0.5) is 5.69 Å². The molecule has 0 unspecified atom stereocenters. The molecule has 0 radical (unpaired) electrons. The molecular weight excluding hydrogens is 480 g/mol. The van der Waals surface area contributed by atoms with Gasteiger partial charge in [0.25, 0.3) is 5.91 Å². The fourth-order valence-corrected chi connectivity index (χ4v) is 5.08. The van der Waals surface area contributed by atoms with Crippen LogP contribution in [0, 0.1) is 18.3 Å². The minimum atomic E-state index is -0.594. The first kappa shape index (κ1) is 22.9. The van der Waals surface area contributed by atoms with Crippen LogP contribution in [0.3, 0.4) is 0 Å². The molecular formula is C23H17ClN4O3S2. The van der Waals surface area contributed by atoms with Crippen LogP contribution in [-0.2, 0) is 9.53 Å². The Hall–Kier alpha value is -3.32. The molecule has 7 nitrogen and oxygen atoms in total. The van der Waals surface area contributed by atoms with Crippen LogP contribution in [0.2, 0.25) is 5.02 Å². The summed E-state index contributed by atoms with van der Waals surface area (Å²) in [5.74, 6) is -0.796. The van der Waals surface area contributed by atoms with Gasteiger partial charge in [0.2, 0.25) is 0 Å². The van der Waals surface area contributed by atoms with Gasteiger partial charge in [-0.25, -0.2) is 9.48 Å². The van der Waals surface area contributed by atoms with Crippen LogP contribution in [0.15, 0.2) is 59.5 Å². The van der Waals surface area contributed by atoms with Gasteiger partial charge in [0.1, 0.15) is 9.71 Å². The SMILES string of the molecule is Cc1nn(-c2ccccc2Cl)c2sc(C(=O)OCC(=O)Nc3ccccc3SCC#N)cc12. The average molecular weight is 497 g/mol. The molecule has 166 valence electrons. The van der Waals surface area contributed by atoms with Gasteiger partial charge in [-0.05, 0) is 37.3 Å². The molecule has 2 aromatic heterocycles. The summed E-state index contributed by atoms with van der Waals surface area (Å²) in [5, 5.41) is 17.4. The number of nitrogens with zero attached hydrogens (tertiary/aromatic N) is 3. The molecule has 2 heterocycles. The molecule has 0 fully saturated rings. The molecule has 0 atom stereocenters. The van der Waals surface area contributed by atoms with E-state index in [4.69, 9.17) is 21.6 Å². The van der Waals surface area contributed by atoms with E-state index in [9.17, 15) is 9.59 Å². The Bertz CT molecular complexity index is 1390. The van der Waals surface area contributed by atoms with E-state index < -0.39 is 18.5 Å². The highest BCUT2D eigenvalue weighted by Gasteiger charge is 2.20. The molecule has 0 saturated heterocycles. The molecule has 4 aromatic rings. The maximum absolute atomic E-state index is 12.6. The number of ether oxygens (including phenoxy) is 1. The Morgan fingerprint density at radius 1 is 1.24 bits per heavy atom. The standard InChI is InChI=1S/C23H17ClN4O3S2/c1-14-15-12-20(33-22(15)28(27-14)18-8-4-2-6-16(18)24)23(30)31-13-21(29)26-17-7-3-5-9-19(17)32-11-10-25/h2-9,12H,11,13H2,1H3,(H,26,29). The van der Waals surface area contributed by atoms with Crippen molar-refractivity contribution in [2.45, 2.75) is 11.8 Å². The summed E-state index contributed by atoms with van der Waals surface area (Å²) in [6.45, 7) is 1.42. The fourth-order valence-electron chi connectivity index (χ4n) is 3.13. The maximum atomic E-state index is 12.6. The molecule has 0 saturated carbocycles. The second kappa shape index (κ2) is 10.1. The third-order valence-electron chi connectivity index (χ3n) is 4.61. The lowest BCUT2D eigenvalue weighted by atomic mass is 10.3. The lowest BCUT2D eigenvalue weighted by molar-refractivity contribution is -0.119. The van der Waals surface area contributed by atoms with Crippen LogP contribution >= 0.6 is 34.7 Å². The van der Waals surface area contributed by atoms with E-state index in [1.54, 1.807) is 28.9 Å². The predicted molar refractivity (Wildman–Crippen MR) is 130 cm³/mol. The number of halogens is 1. The number of carbonyl (C=O) groups excluding carboxylic acids is 2. The van der Waals surface area contributed by atoms with Gasteiger partial charge in [-0.15, -0.1) is 23.1 Å². The summed E-state index contributed by atoms with van der Waals surface area (Å²) < 4.78 is 6.94. The highest BCUT2D eigenvalue weighted by Crippen LogP contribution is 2.33. The summed E-state index contributed by atoms with van der Waals surface area (Å²) >= 11 is 8.86. The van der Waals surface area contributed by atoms with Gasteiger partial charge in [0.05, 0.1) is 33.9 Å². The van der Waals surface area contributed by atoms with Crippen molar-refractivity contribution in [3.63, 3.8) is 0 Å². The van der Waals surface area contributed by atoms with Gasteiger partial charge in [0, 0.05) is 10.3 Å². The first-order chi connectivity index (χ1) is 16.0. The molecule has 1 amide bonds. The summed E-state index contributed by atoms with van der Waals surface area (Å²) in [6.07, 6.45) is 0. The number of carbonyl (C=O) groups is 2. The van der Waals surface area contributed by atoms with E-state index in [1.165, 1.54) is 23.1 Å². The lowest BCUT2D eigenvalue weighted by Gasteiger charge is -2.09. The van der Waals surface area contributed by atoms with Gasteiger partial charge in [-0.3, -0.25) is 4.79 Å². The zero-order valence-corrected chi connectivity index (χ0v) is 19.8. The number of hydrogen-bond acceptors (Lipinski definition) is 7. The molecule has 2 aromatic carbocycles. The number of amides is 1. The topological polar surface area (TPSA) is 97.0 Å². The number of benzene rings is 2. The van der Waals surface area contributed by atoms with Crippen LogP contribution in [0.1, 0.15) is 15.4 Å². The summed E-state index contributed by atoms with van der Waals surface area (Å²) in [7, 11) is 0. The van der Waals surface area contributed by atoms with Crippen molar-refractivity contribution in [2.24, 2.45) is 0 Å². The first-order valence-corrected chi connectivity index (χ1v) is 12.0. The van der Waals surface area contributed by atoms with Crippen molar-refractivity contribution in [1.29, 1.82) is 5.26 Å². The number of esters is 1. The Labute approximate surface area is 202 Å². The molecule has 0 aliphatic carbocycles. The van der Waals surface area contributed by atoms with Gasteiger partial charge < -0.3 is 10.1 Å². The minimum absolute atomic E-state index is 0.263. The Morgan fingerprint density at radius 3 is 2.79 bits per heavy atom. The Balaban J connectivity index is 1.46. The molecule has 0 bridgehead atoms. The van der Waals surface area contributed by atoms with Crippen LogP contribution in [0.5, 0.6) is 0 Å². The van der Waals surface area contributed by atoms with Crippen molar-refractivity contribution in [3.05, 3.63) is 70.2 Å².